The Morgan fingerprint density at radius 1 is 1.50 bits per heavy atom. The van der Waals surface area contributed by atoms with Crippen molar-refractivity contribution in [1.82, 2.24) is 5.32 Å². The summed E-state index contributed by atoms with van der Waals surface area (Å²) in [4.78, 5) is 11.8. The minimum atomic E-state index is -0.542. The van der Waals surface area contributed by atoms with Crippen molar-refractivity contribution >= 4 is 21.8 Å². The molecule has 1 amide bonds. The summed E-state index contributed by atoms with van der Waals surface area (Å²) in [5.41, 5.74) is 1.64. The SMILES string of the molecule is COC[C@H](O)CCNC(=O)c1cc(C)cc(Br)c1. The van der Waals surface area contributed by atoms with Crippen molar-refractivity contribution < 1.29 is 14.6 Å². The third-order valence-electron chi connectivity index (χ3n) is 2.43. The maximum absolute atomic E-state index is 11.8. The number of hydrogen-bond donors (Lipinski definition) is 2. The second-order valence-corrected chi connectivity index (χ2v) is 5.09. The van der Waals surface area contributed by atoms with Gasteiger partial charge in [-0.25, -0.2) is 0 Å². The van der Waals surface area contributed by atoms with Crippen LogP contribution in [0.4, 0.5) is 0 Å². The second-order valence-electron chi connectivity index (χ2n) is 4.17. The molecule has 4 nitrogen and oxygen atoms in total. The maximum atomic E-state index is 11.8. The average molecular weight is 316 g/mol. The summed E-state index contributed by atoms with van der Waals surface area (Å²) in [5, 5.41) is 12.2. The van der Waals surface area contributed by atoms with E-state index in [1.54, 1.807) is 6.07 Å². The zero-order valence-corrected chi connectivity index (χ0v) is 12.2. The summed E-state index contributed by atoms with van der Waals surface area (Å²) >= 11 is 3.36. The lowest BCUT2D eigenvalue weighted by atomic mass is 10.1. The Kier molecular flexibility index (Phi) is 6.32. The molecule has 0 spiro atoms. The molecule has 0 heterocycles. The van der Waals surface area contributed by atoms with Crippen LogP contribution in [0.1, 0.15) is 22.3 Å². The Hall–Kier alpha value is -0.910. The standard InChI is InChI=1S/C13H18BrNO3/c1-9-5-10(7-11(14)6-9)13(17)15-4-3-12(16)8-18-2/h5-7,12,16H,3-4,8H2,1-2H3,(H,15,17)/t12-/m1/s1. The highest BCUT2D eigenvalue weighted by atomic mass is 79.9. The van der Waals surface area contributed by atoms with Crippen LogP contribution in [-0.4, -0.2) is 37.4 Å². The van der Waals surface area contributed by atoms with Gasteiger partial charge in [0.05, 0.1) is 12.7 Å². The molecular formula is C13H18BrNO3. The molecule has 0 aromatic heterocycles. The van der Waals surface area contributed by atoms with Crippen LogP contribution < -0.4 is 5.32 Å². The molecular weight excluding hydrogens is 298 g/mol. The normalized spacial score (nSPS) is 12.2. The van der Waals surface area contributed by atoms with E-state index in [1.165, 1.54) is 7.11 Å². The number of rotatable bonds is 6. The van der Waals surface area contributed by atoms with E-state index in [0.717, 1.165) is 10.0 Å². The molecule has 0 saturated carbocycles. The summed E-state index contributed by atoms with van der Waals surface area (Å²) in [6.45, 7) is 2.64. The Bertz CT molecular complexity index is 389. The number of methoxy groups -OCH3 is 1. The molecule has 5 heteroatoms. The summed E-state index contributed by atoms with van der Waals surface area (Å²) < 4.78 is 5.69. The van der Waals surface area contributed by atoms with Crippen molar-refractivity contribution in [3.8, 4) is 0 Å². The lowest BCUT2D eigenvalue weighted by molar-refractivity contribution is 0.0587. The number of benzene rings is 1. The quantitative estimate of drug-likeness (QED) is 0.842. The first-order valence-corrected chi connectivity index (χ1v) is 6.54. The summed E-state index contributed by atoms with van der Waals surface area (Å²) in [6.07, 6.45) is -0.0634. The fraction of sp³-hybridized carbons (Fsp3) is 0.462. The molecule has 0 radical (unpaired) electrons. The third kappa shape index (κ3) is 5.16. The molecule has 1 aromatic carbocycles. The van der Waals surface area contributed by atoms with Crippen molar-refractivity contribution in [1.29, 1.82) is 0 Å². The average Bonchev–Trinajstić information content (AvgIpc) is 2.27. The number of halogens is 1. The van der Waals surface area contributed by atoms with Gasteiger partial charge in [0.2, 0.25) is 0 Å². The first-order valence-electron chi connectivity index (χ1n) is 5.75. The number of aliphatic hydroxyl groups is 1. The monoisotopic (exact) mass is 315 g/mol. The van der Waals surface area contributed by atoms with Gasteiger partial charge in [0.1, 0.15) is 0 Å². The Balaban J connectivity index is 2.45. The van der Waals surface area contributed by atoms with Gasteiger partial charge in [0.15, 0.2) is 0 Å². The van der Waals surface area contributed by atoms with Crippen LogP contribution in [0.25, 0.3) is 0 Å². The lowest BCUT2D eigenvalue weighted by Gasteiger charge is -2.10. The van der Waals surface area contributed by atoms with Gasteiger partial charge >= 0.3 is 0 Å². The van der Waals surface area contributed by atoms with E-state index in [0.29, 0.717) is 18.5 Å². The predicted octanol–water partition coefficient (Wildman–Crippen LogP) is 1.88. The number of nitrogens with one attached hydrogen (secondary N) is 1. The molecule has 0 saturated heterocycles. The van der Waals surface area contributed by atoms with Crippen LogP contribution in [0.5, 0.6) is 0 Å². The highest BCUT2D eigenvalue weighted by molar-refractivity contribution is 9.10. The van der Waals surface area contributed by atoms with Crippen molar-refractivity contribution in [3.05, 3.63) is 33.8 Å². The van der Waals surface area contributed by atoms with Crippen LogP contribution in [-0.2, 0) is 4.74 Å². The van der Waals surface area contributed by atoms with Gasteiger partial charge in [-0.3, -0.25) is 4.79 Å². The van der Waals surface area contributed by atoms with E-state index in [4.69, 9.17) is 4.74 Å². The zero-order chi connectivity index (χ0) is 13.5. The fourth-order valence-corrected chi connectivity index (χ4v) is 2.21. The number of aliphatic hydroxyl groups excluding tert-OH is 1. The smallest absolute Gasteiger partial charge is 0.251 e. The molecule has 1 aromatic rings. The lowest BCUT2D eigenvalue weighted by Crippen LogP contribution is -2.28. The molecule has 2 N–H and O–H groups in total. The highest BCUT2D eigenvalue weighted by Gasteiger charge is 2.08. The number of carbonyl (C=O) groups is 1. The third-order valence-corrected chi connectivity index (χ3v) is 2.88. The first kappa shape index (κ1) is 15.1. The Morgan fingerprint density at radius 3 is 2.83 bits per heavy atom. The van der Waals surface area contributed by atoms with Gasteiger partial charge in [-0.1, -0.05) is 15.9 Å². The highest BCUT2D eigenvalue weighted by Crippen LogP contribution is 2.15. The van der Waals surface area contributed by atoms with Gasteiger partial charge in [0.25, 0.3) is 5.91 Å². The van der Waals surface area contributed by atoms with Gasteiger partial charge < -0.3 is 15.2 Å². The molecule has 0 aliphatic carbocycles. The molecule has 0 aliphatic rings. The number of aryl methyl sites for hydroxylation is 1. The van der Waals surface area contributed by atoms with Crippen LogP contribution in [0.2, 0.25) is 0 Å². The van der Waals surface area contributed by atoms with E-state index in [2.05, 4.69) is 21.2 Å². The Morgan fingerprint density at radius 2 is 2.22 bits per heavy atom. The van der Waals surface area contributed by atoms with Crippen molar-refractivity contribution in [2.24, 2.45) is 0 Å². The summed E-state index contributed by atoms with van der Waals surface area (Å²) in [6, 6.07) is 5.54. The van der Waals surface area contributed by atoms with E-state index in [1.807, 2.05) is 19.1 Å². The van der Waals surface area contributed by atoms with Crippen LogP contribution in [0, 0.1) is 6.92 Å². The van der Waals surface area contributed by atoms with E-state index in [-0.39, 0.29) is 12.5 Å². The van der Waals surface area contributed by atoms with E-state index >= 15 is 0 Å². The van der Waals surface area contributed by atoms with Crippen LogP contribution in [0.15, 0.2) is 22.7 Å². The topological polar surface area (TPSA) is 58.6 Å². The van der Waals surface area contributed by atoms with Crippen molar-refractivity contribution in [2.45, 2.75) is 19.4 Å². The molecule has 0 bridgehead atoms. The van der Waals surface area contributed by atoms with Crippen molar-refractivity contribution in [3.63, 3.8) is 0 Å². The number of amides is 1. The van der Waals surface area contributed by atoms with Crippen LogP contribution in [0.3, 0.4) is 0 Å². The molecule has 100 valence electrons. The van der Waals surface area contributed by atoms with Gasteiger partial charge in [-0.05, 0) is 37.1 Å². The second kappa shape index (κ2) is 7.51. The Labute approximate surface area is 115 Å². The maximum Gasteiger partial charge on any atom is 0.251 e. The van der Waals surface area contributed by atoms with Crippen LogP contribution >= 0.6 is 15.9 Å². The van der Waals surface area contributed by atoms with Gasteiger partial charge in [-0.2, -0.15) is 0 Å². The summed E-state index contributed by atoms with van der Waals surface area (Å²) in [5.74, 6) is -0.135. The zero-order valence-electron chi connectivity index (χ0n) is 10.6. The minimum Gasteiger partial charge on any atom is -0.391 e. The number of ether oxygens (including phenoxy) is 1. The molecule has 18 heavy (non-hydrogen) atoms. The molecule has 1 rings (SSSR count). The molecule has 1 atom stereocenters. The van der Waals surface area contributed by atoms with Crippen molar-refractivity contribution in [2.75, 3.05) is 20.3 Å². The first-order chi connectivity index (χ1) is 8.52. The largest absolute Gasteiger partial charge is 0.391 e. The molecule has 0 fully saturated rings. The van der Waals surface area contributed by atoms with E-state index < -0.39 is 6.10 Å². The number of carbonyl (C=O) groups excluding carboxylic acids is 1. The predicted molar refractivity (Wildman–Crippen MR) is 73.7 cm³/mol. The van der Waals surface area contributed by atoms with Gasteiger partial charge in [-0.15, -0.1) is 0 Å². The summed E-state index contributed by atoms with van der Waals surface area (Å²) in [7, 11) is 1.53. The molecule has 0 unspecified atom stereocenters. The molecule has 0 aliphatic heterocycles. The van der Waals surface area contributed by atoms with Gasteiger partial charge in [0, 0.05) is 23.7 Å². The van der Waals surface area contributed by atoms with E-state index in [9.17, 15) is 9.90 Å². The fourth-order valence-electron chi connectivity index (χ4n) is 1.60. The number of hydrogen-bond acceptors (Lipinski definition) is 3. The minimum absolute atomic E-state index is 0.135.